The normalized spacial score (nSPS) is 10.1. The van der Waals surface area contributed by atoms with Gasteiger partial charge in [0.25, 0.3) is 5.91 Å². The summed E-state index contributed by atoms with van der Waals surface area (Å²) >= 11 is 4.88. The van der Waals surface area contributed by atoms with Crippen molar-refractivity contribution in [2.24, 2.45) is 0 Å². The molecule has 0 saturated carbocycles. The maximum atomic E-state index is 11.8. The Morgan fingerprint density at radius 3 is 2.50 bits per heavy atom. The number of rotatable bonds is 5. The molecule has 4 nitrogen and oxygen atoms in total. The first-order chi connectivity index (χ1) is 9.65. The minimum atomic E-state index is -0.260. The maximum absolute atomic E-state index is 11.8. The predicted molar refractivity (Wildman–Crippen MR) is 82.6 cm³/mol. The van der Waals surface area contributed by atoms with Crippen LogP contribution in [0.1, 0.15) is 15.2 Å². The Balaban J connectivity index is 1.75. The van der Waals surface area contributed by atoms with Gasteiger partial charge in [-0.15, -0.1) is 11.3 Å². The summed E-state index contributed by atoms with van der Waals surface area (Å²) in [7, 11) is 0. The summed E-state index contributed by atoms with van der Waals surface area (Å²) in [4.78, 5) is 24.5. The third-order valence-electron chi connectivity index (χ3n) is 2.56. The lowest BCUT2D eigenvalue weighted by Gasteiger charge is -2.06. The van der Waals surface area contributed by atoms with Gasteiger partial charge in [-0.2, -0.15) is 0 Å². The third kappa shape index (κ3) is 4.47. The SMILES string of the molecule is O=C(CNC(=O)c1ccc(Br)cc1)NCc1cccs1. The quantitative estimate of drug-likeness (QED) is 0.868. The number of carbonyl (C=O) groups excluding carboxylic acids is 2. The van der Waals surface area contributed by atoms with E-state index in [9.17, 15) is 9.59 Å². The van der Waals surface area contributed by atoms with Crippen LogP contribution in [0.5, 0.6) is 0 Å². The zero-order chi connectivity index (χ0) is 14.4. The van der Waals surface area contributed by atoms with Crippen molar-refractivity contribution >= 4 is 39.1 Å². The average Bonchev–Trinajstić information content (AvgIpc) is 2.96. The van der Waals surface area contributed by atoms with Gasteiger partial charge in [0.05, 0.1) is 13.1 Å². The molecule has 0 saturated heterocycles. The monoisotopic (exact) mass is 352 g/mol. The molecule has 0 aliphatic carbocycles. The summed E-state index contributed by atoms with van der Waals surface area (Å²) in [5.74, 6) is -0.465. The smallest absolute Gasteiger partial charge is 0.251 e. The Hall–Kier alpha value is -1.66. The molecule has 2 amide bonds. The van der Waals surface area contributed by atoms with Crippen LogP contribution in [0.3, 0.4) is 0 Å². The van der Waals surface area contributed by atoms with Gasteiger partial charge >= 0.3 is 0 Å². The second-order valence-electron chi connectivity index (χ2n) is 4.05. The zero-order valence-electron chi connectivity index (χ0n) is 10.6. The molecule has 1 heterocycles. The number of carbonyl (C=O) groups is 2. The van der Waals surface area contributed by atoms with Crippen LogP contribution in [-0.2, 0) is 11.3 Å². The lowest BCUT2D eigenvalue weighted by atomic mass is 10.2. The van der Waals surface area contributed by atoms with Crippen molar-refractivity contribution in [1.29, 1.82) is 0 Å². The van der Waals surface area contributed by atoms with Crippen LogP contribution < -0.4 is 10.6 Å². The van der Waals surface area contributed by atoms with Crippen LogP contribution >= 0.6 is 27.3 Å². The lowest BCUT2D eigenvalue weighted by Crippen LogP contribution is -2.36. The van der Waals surface area contributed by atoms with Crippen LogP contribution in [0.25, 0.3) is 0 Å². The van der Waals surface area contributed by atoms with Crippen molar-refractivity contribution in [3.05, 3.63) is 56.7 Å². The van der Waals surface area contributed by atoms with Crippen molar-refractivity contribution < 1.29 is 9.59 Å². The van der Waals surface area contributed by atoms with Crippen molar-refractivity contribution in [1.82, 2.24) is 10.6 Å². The number of nitrogens with one attached hydrogen (secondary N) is 2. The summed E-state index contributed by atoms with van der Waals surface area (Å²) in [6.07, 6.45) is 0. The molecule has 0 radical (unpaired) electrons. The zero-order valence-corrected chi connectivity index (χ0v) is 13.0. The highest BCUT2D eigenvalue weighted by molar-refractivity contribution is 9.10. The minimum absolute atomic E-state index is 0.0275. The first-order valence-corrected chi connectivity index (χ1v) is 7.65. The summed E-state index contributed by atoms with van der Waals surface area (Å²) in [6.45, 7) is 0.463. The Morgan fingerprint density at radius 2 is 1.85 bits per heavy atom. The van der Waals surface area contributed by atoms with Gasteiger partial charge in [-0.05, 0) is 35.7 Å². The number of hydrogen-bond acceptors (Lipinski definition) is 3. The Labute approximate surface area is 129 Å². The van der Waals surface area contributed by atoms with E-state index in [0.717, 1.165) is 9.35 Å². The molecular weight excluding hydrogens is 340 g/mol. The molecule has 2 rings (SSSR count). The van der Waals surface area contributed by atoms with Gasteiger partial charge < -0.3 is 10.6 Å². The van der Waals surface area contributed by atoms with Crippen molar-refractivity contribution in [2.75, 3.05) is 6.54 Å². The molecule has 0 bridgehead atoms. The molecule has 0 atom stereocenters. The molecule has 1 aromatic heterocycles. The average molecular weight is 353 g/mol. The van der Waals surface area contributed by atoms with Crippen LogP contribution in [0.4, 0.5) is 0 Å². The molecule has 20 heavy (non-hydrogen) atoms. The number of amides is 2. The Kier molecular flexibility index (Phi) is 5.31. The summed E-state index contributed by atoms with van der Waals surface area (Å²) in [6, 6.07) is 10.8. The van der Waals surface area contributed by atoms with E-state index in [4.69, 9.17) is 0 Å². The fourth-order valence-corrected chi connectivity index (χ4v) is 2.43. The van der Waals surface area contributed by atoms with Crippen LogP contribution in [-0.4, -0.2) is 18.4 Å². The summed E-state index contributed by atoms with van der Waals surface area (Å²) < 4.78 is 0.905. The number of halogens is 1. The molecule has 0 spiro atoms. The highest BCUT2D eigenvalue weighted by atomic mass is 79.9. The second kappa shape index (κ2) is 7.21. The fraction of sp³-hybridized carbons (Fsp3) is 0.143. The molecule has 0 fully saturated rings. The minimum Gasteiger partial charge on any atom is -0.350 e. The standard InChI is InChI=1S/C14H13BrN2O2S/c15-11-5-3-10(4-6-11)14(19)17-9-13(18)16-8-12-2-1-7-20-12/h1-7H,8-9H2,(H,16,18)(H,17,19). The van der Waals surface area contributed by atoms with Gasteiger partial charge in [-0.3, -0.25) is 9.59 Å². The first-order valence-electron chi connectivity index (χ1n) is 5.98. The molecule has 2 aromatic rings. The van der Waals surface area contributed by atoms with E-state index in [0.29, 0.717) is 12.1 Å². The van der Waals surface area contributed by atoms with Gasteiger partial charge in [0.15, 0.2) is 0 Å². The topological polar surface area (TPSA) is 58.2 Å². The molecule has 0 unspecified atom stereocenters. The number of thiophene rings is 1. The van der Waals surface area contributed by atoms with E-state index in [-0.39, 0.29) is 18.4 Å². The molecule has 6 heteroatoms. The molecular formula is C14H13BrN2O2S. The van der Waals surface area contributed by atoms with E-state index in [1.807, 2.05) is 17.5 Å². The first kappa shape index (κ1) is 14.7. The number of hydrogen-bond donors (Lipinski definition) is 2. The third-order valence-corrected chi connectivity index (χ3v) is 3.96. The highest BCUT2D eigenvalue weighted by Crippen LogP contribution is 2.10. The molecule has 104 valence electrons. The van der Waals surface area contributed by atoms with Gasteiger partial charge in [0.1, 0.15) is 0 Å². The number of benzene rings is 1. The lowest BCUT2D eigenvalue weighted by molar-refractivity contribution is -0.120. The van der Waals surface area contributed by atoms with Crippen LogP contribution in [0, 0.1) is 0 Å². The van der Waals surface area contributed by atoms with E-state index < -0.39 is 0 Å². The Bertz CT molecular complexity index is 582. The van der Waals surface area contributed by atoms with Crippen molar-refractivity contribution in [3.8, 4) is 0 Å². The largest absolute Gasteiger partial charge is 0.350 e. The molecule has 0 aliphatic rings. The van der Waals surface area contributed by atoms with E-state index in [1.54, 1.807) is 35.6 Å². The summed E-state index contributed by atoms with van der Waals surface area (Å²) in [5, 5.41) is 7.29. The van der Waals surface area contributed by atoms with Crippen LogP contribution in [0.15, 0.2) is 46.3 Å². The van der Waals surface area contributed by atoms with Crippen molar-refractivity contribution in [2.45, 2.75) is 6.54 Å². The molecule has 0 aliphatic heterocycles. The van der Waals surface area contributed by atoms with E-state index >= 15 is 0 Å². The highest BCUT2D eigenvalue weighted by Gasteiger charge is 2.07. The second-order valence-corrected chi connectivity index (χ2v) is 5.99. The fourth-order valence-electron chi connectivity index (χ4n) is 1.53. The molecule has 1 aromatic carbocycles. The Morgan fingerprint density at radius 1 is 1.10 bits per heavy atom. The van der Waals surface area contributed by atoms with E-state index in [2.05, 4.69) is 26.6 Å². The summed E-state index contributed by atoms with van der Waals surface area (Å²) in [5.41, 5.74) is 0.527. The van der Waals surface area contributed by atoms with Gasteiger partial charge in [-0.25, -0.2) is 0 Å². The maximum Gasteiger partial charge on any atom is 0.251 e. The molecule has 2 N–H and O–H groups in total. The van der Waals surface area contributed by atoms with Gasteiger partial charge in [0.2, 0.25) is 5.91 Å². The van der Waals surface area contributed by atoms with Gasteiger partial charge in [-0.1, -0.05) is 22.0 Å². The van der Waals surface area contributed by atoms with Crippen LogP contribution in [0.2, 0.25) is 0 Å². The van der Waals surface area contributed by atoms with Gasteiger partial charge in [0, 0.05) is 14.9 Å². The van der Waals surface area contributed by atoms with Crippen molar-refractivity contribution in [3.63, 3.8) is 0 Å². The predicted octanol–water partition coefficient (Wildman–Crippen LogP) is 2.56. The van der Waals surface area contributed by atoms with E-state index in [1.165, 1.54) is 0 Å².